The van der Waals surface area contributed by atoms with Crippen LogP contribution < -0.4 is 0 Å². The van der Waals surface area contributed by atoms with Crippen molar-refractivity contribution in [3.8, 4) is 0 Å². The maximum absolute atomic E-state index is 11.4. The van der Waals surface area contributed by atoms with Crippen molar-refractivity contribution in [1.82, 2.24) is 0 Å². The van der Waals surface area contributed by atoms with Crippen molar-refractivity contribution in [2.75, 3.05) is 27.4 Å². The second kappa shape index (κ2) is 40.5. The van der Waals surface area contributed by atoms with Gasteiger partial charge in [0.25, 0.3) is 0 Å². The number of carbonyl (C=O) groups is 9. The molecule has 0 aliphatic heterocycles. The maximum Gasteiger partial charge on any atom is 2.00 e. The van der Waals surface area contributed by atoms with E-state index in [1.165, 1.54) is 26.4 Å². The molecule has 0 aromatic carbocycles. The van der Waals surface area contributed by atoms with Gasteiger partial charge < -0.3 is 37.1 Å². The molecule has 53 heavy (non-hydrogen) atoms. The van der Waals surface area contributed by atoms with Crippen molar-refractivity contribution < 1.29 is 80.3 Å². The molecule has 3 N–H and O–H groups in total. The van der Waals surface area contributed by atoms with Crippen molar-refractivity contribution in [3.05, 3.63) is 38.0 Å². The molecule has 0 aromatic rings. The summed E-state index contributed by atoms with van der Waals surface area (Å²) in [5.41, 5.74) is 0. The fourth-order valence-electron chi connectivity index (χ4n) is 3.02. The van der Waals surface area contributed by atoms with E-state index in [0.29, 0.717) is 38.5 Å². The van der Waals surface area contributed by atoms with Gasteiger partial charge in [0.2, 0.25) is 0 Å². The summed E-state index contributed by atoms with van der Waals surface area (Å²) in [5, 5.41) is 24.9. The summed E-state index contributed by atoms with van der Waals surface area (Å²) in [4.78, 5) is 95.9. The van der Waals surface area contributed by atoms with Crippen LogP contribution in [0.1, 0.15) is 87.8 Å². The summed E-state index contributed by atoms with van der Waals surface area (Å²) in [6.07, 6.45) is 6.50. The summed E-state index contributed by atoms with van der Waals surface area (Å²) in [6, 6.07) is 0. The average Bonchev–Trinajstić information content (AvgIpc) is 3.08. The van der Waals surface area contributed by atoms with Gasteiger partial charge in [-0.05, 0) is 25.7 Å². The summed E-state index contributed by atoms with van der Waals surface area (Å²) in [5.74, 6) is -6.14. The van der Waals surface area contributed by atoms with Crippen molar-refractivity contribution in [1.29, 1.82) is 0 Å². The Kier molecular flexibility index (Phi) is 46.4. The van der Waals surface area contributed by atoms with Crippen molar-refractivity contribution in [2.24, 2.45) is 17.8 Å². The number of carboxylic acids is 3. The van der Waals surface area contributed by atoms with Gasteiger partial charge >= 0.3 is 64.8 Å². The Bertz CT molecular complexity index is 1170. The number of carboxylic acid groups (broad SMARTS) is 3. The summed E-state index contributed by atoms with van der Waals surface area (Å²) in [7, 11) is 2.59. The minimum atomic E-state index is -1.19. The molecule has 0 spiro atoms. The van der Waals surface area contributed by atoms with Crippen molar-refractivity contribution >= 4 is 84.8 Å². The number of Topliss-reactive ketones (excluding diaryl/α,β-unsaturated/α-hetero) is 2. The Hall–Kier alpha value is -4.32. The second-order valence-corrected chi connectivity index (χ2v) is 10.7. The fourth-order valence-corrected chi connectivity index (χ4v) is 3.02. The molecule has 0 rings (SSSR count). The molecule has 0 aliphatic rings. The topological polar surface area (TPSA) is 251 Å². The second-order valence-electron chi connectivity index (χ2n) is 10.7. The quantitative estimate of drug-likeness (QED) is 0.0441. The van der Waals surface area contributed by atoms with Crippen LogP contribution in [0.5, 0.6) is 0 Å². The van der Waals surface area contributed by atoms with Crippen LogP contribution in [0.4, 0.5) is 0 Å². The van der Waals surface area contributed by atoms with Crippen LogP contribution in [0.15, 0.2) is 38.0 Å². The smallest absolute Gasteiger partial charge is 1.00 e. The first-order chi connectivity index (χ1) is 23.8. The number of ketones is 2. The minimum absolute atomic E-state index is 0. The van der Waals surface area contributed by atoms with E-state index in [-0.39, 0.29) is 102 Å². The Morgan fingerprint density at radius 2 is 0.981 bits per heavy atom. The largest absolute Gasteiger partial charge is 2.00 e. The van der Waals surface area contributed by atoms with Gasteiger partial charge in [-0.1, -0.05) is 52.2 Å². The third kappa shape index (κ3) is 45.7. The van der Waals surface area contributed by atoms with E-state index in [9.17, 15) is 43.2 Å². The average molecular weight is 768 g/mol. The molecule has 0 unspecified atom stereocenters. The number of aliphatic carboxylic acids is 3. The van der Waals surface area contributed by atoms with Gasteiger partial charge in [0.05, 0.1) is 32.0 Å². The molecule has 0 saturated heterocycles. The third-order valence-corrected chi connectivity index (χ3v) is 6.12. The zero-order valence-electron chi connectivity index (χ0n) is 33.5. The zero-order chi connectivity index (χ0) is 40.4. The Labute approximate surface area is 332 Å². The van der Waals surface area contributed by atoms with Gasteiger partial charge in [0, 0.05) is 34.1 Å². The number of esters is 4. The minimum Gasteiger partial charge on any atom is -1.00 e. The van der Waals surface area contributed by atoms with Crippen LogP contribution >= 0.6 is 0 Å². The monoisotopic (exact) mass is 767 g/mol. The first-order valence-electron chi connectivity index (χ1n) is 15.8. The van der Waals surface area contributed by atoms with E-state index >= 15 is 0 Å². The third-order valence-electron chi connectivity index (χ3n) is 6.12. The van der Waals surface area contributed by atoms with Crippen molar-refractivity contribution in [3.63, 3.8) is 0 Å². The molecule has 3 atom stereocenters. The van der Waals surface area contributed by atoms with E-state index in [4.69, 9.17) is 15.3 Å². The van der Waals surface area contributed by atoms with Gasteiger partial charge in [0.15, 0.2) is 0 Å². The molecular weight excluding hydrogens is 711 g/mol. The zero-order valence-corrected chi connectivity index (χ0v) is 32.9. The molecule has 18 heteroatoms. The van der Waals surface area contributed by atoms with Crippen molar-refractivity contribution in [2.45, 2.75) is 85.0 Å². The molecule has 0 amide bonds. The number of carbonyl (C=O) groups excluding carboxylic acids is 6. The van der Waals surface area contributed by atoms with Crippen LogP contribution in [0.2, 0.25) is 0 Å². The van der Waals surface area contributed by atoms with Gasteiger partial charge in [0.1, 0.15) is 37.6 Å². The number of methoxy groups -OCH3 is 2. The Morgan fingerprint density at radius 1 is 0.585 bits per heavy atom. The SMILES string of the molecule is C=CCCC(=O)CC[C@H](C)C(=O)O.C=CCOC(=O)CC(=O)CC[C@H](C)C(=O)OC.C=CCOC(=O)CC(=O)O.COC(=O)[C@@H](C)CCC(=O)O.[B].[H-].[H-].[Mg+2]. The van der Waals surface area contributed by atoms with E-state index in [1.54, 1.807) is 26.8 Å². The van der Waals surface area contributed by atoms with E-state index < -0.39 is 42.2 Å². The predicted molar refractivity (Wildman–Crippen MR) is 197 cm³/mol. The summed E-state index contributed by atoms with van der Waals surface area (Å²) >= 11 is 0. The van der Waals surface area contributed by atoms with Gasteiger partial charge in [-0.25, -0.2) is 0 Å². The van der Waals surface area contributed by atoms with Gasteiger partial charge in [-0.15, -0.1) is 6.58 Å². The number of hydrogen-bond acceptors (Lipinski definition) is 13. The molecule has 0 fully saturated rings. The van der Waals surface area contributed by atoms with E-state index in [0.717, 1.165) is 0 Å². The molecule has 0 saturated carbocycles. The number of allylic oxidation sites excluding steroid dienone is 1. The molecule has 297 valence electrons. The summed E-state index contributed by atoms with van der Waals surface area (Å²) in [6.45, 7) is 15.3. The maximum atomic E-state index is 11.4. The summed E-state index contributed by atoms with van der Waals surface area (Å²) < 4.78 is 18.0. The Balaban J connectivity index is -0.0000000888. The number of rotatable bonds is 23. The molecule has 0 bridgehead atoms. The van der Waals surface area contributed by atoms with Crippen LogP contribution in [0, 0.1) is 17.8 Å². The molecule has 0 heterocycles. The van der Waals surface area contributed by atoms with E-state index in [2.05, 4.69) is 38.7 Å². The predicted octanol–water partition coefficient (Wildman–Crippen LogP) is 3.60. The van der Waals surface area contributed by atoms with Crippen LogP contribution in [0.3, 0.4) is 0 Å². The number of hydrogen-bond donors (Lipinski definition) is 3. The van der Waals surface area contributed by atoms with Crippen LogP contribution in [-0.2, 0) is 62.1 Å². The molecule has 16 nitrogen and oxygen atoms in total. The van der Waals surface area contributed by atoms with Crippen LogP contribution in [0.25, 0.3) is 0 Å². The van der Waals surface area contributed by atoms with Gasteiger partial charge in [-0.3, -0.25) is 43.2 Å². The van der Waals surface area contributed by atoms with E-state index in [1.807, 2.05) is 0 Å². The van der Waals surface area contributed by atoms with Gasteiger partial charge in [-0.2, -0.15) is 0 Å². The molecular formula is C35H56BMgO16. The fraction of sp³-hybridized carbons (Fsp3) is 0.571. The van der Waals surface area contributed by atoms with Crippen LogP contribution in [-0.4, -0.2) is 128 Å². The molecule has 0 aliphatic carbocycles. The number of ether oxygens (including phenoxy) is 4. The first-order valence-corrected chi connectivity index (χ1v) is 15.8. The normalized spacial score (nSPS) is 10.7. The molecule has 0 aromatic heterocycles. The first kappa shape index (κ1) is 60.8. The standard InChI is InChI=1S/C12H18O5.C10H16O3.C7H12O4.C6H8O4.B.Mg.2H/c1-4-7-17-11(14)8-10(13)6-5-9(2)12(15)16-3;1-3-4-5-9(11)7-6-8(2)10(12)13;1-5(7(10)11-2)3-4-6(8)9;1-2-3-10-6(9)4-5(7)8;;;;/h4,9H,1,5-8H2,2-3H3;3,8H,1,4-7H2,2H3,(H,12,13);5H,3-4H2,1-2H3,(H,8,9);2H,1,3-4H2,(H,7,8);;;;/q;;;;;+2;2*-1/t9-;8-;5-;;;;;/m000...../s1. The Morgan fingerprint density at radius 3 is 1.34 bits per heavy atom. The molecule has 3 radical (unpaired) electrons.